The number of hydrogen-bond donors (Lipinski definition) is 1. The average molecular weight is 301 g/mol. The van der Waals surface area contributed by atoms with Gasteiger partial charge in [0.25, 0.3) is 0 Å². The van der Waals surface area contributed by atoms with Crippen LogP contribution >= 0.6 is 11.6 Å². The number of nitrogens with one attached hydrogen (secondary N) is 1. The third kappa shape index (κ3) is 4.16. The molecule has 1 heterocycles. The second-order valence-corrected chi connectivity index (χ2v) is 5.68. The molecule has 0 aromatic heterocycles. The number of likely N-dealkylation sites (N-methyl/N-ethyl adjacent to an activating group) is 2. The molecule has 0 saturated carbocycles. The highest BCUT2D eigenvalue weighted by atomic mass is 35.5. The van der Waals surface area contributed by atoms with E-state index in [0.717, 1.165) is 31.8 Å². The van der Waals surface area contributed by atoms with E-state index in [4.69, 9.17) is 16.3 Å². The molecule has 0 bridgehead atoms. The molecule has 1 fully saturated rings. The minimum absolute atomic E-state index is 0.105. The summed E-state index contributed by atoms with van der Waals surface area (Å²) < 4.78 is 19.2. The van der Waals surface area contributed by atoms with Crippen LogP contribution in [0.4, 0.5) is 4.39 Å². The molecule has 0 spiro atoms. The minimum Gasteiger partial charge on any atom is -0.374 e. The summed E-state index contributed by atoms with van der Waals surface area (Å²) in [6.45, 7) is 5.48. The summed E-state index contributed by atoms with van der Waals surface area (Å²) in [5.74, 6) is -0.249. The summed E-state index contributed by atoms with van der Waals surface area (Å²) in [6.07, 6.45) is 0.774. The van der Waals surface area contributed by atoms with Crippen LogP contribution in [-0.2, 0) is 11.2 Å². The standard InChI is InChI=1S/C15H22ClFN2O/c1-3-18-14(15-10-19(2)6-7-20-15)9-11-8-12(17)4-5-13(11)16/h4-5,8,14-15,18H,3,6-7,9-10H2,1-2H3. The summed E-state index contributed by atoms with van der Waals surface area (Å²) in [5.41, 5.74) is 0.828. The Morgan fingerprint density at radius 3 is 3.05 bits per heavy atom. The number of nitrogens with zero attached hydrogens (tertiary/aromatic N) is 1. The first-order chi connectivity index (χ1) is 9.60. The predicted molar refractivity (Wildman–Crippen MR) is 79.8 cm³/mol. The number of morpholine rings is 1. The third-order valence-electron chi connectivity index (χ3n) is 3.66. The van der Waals surface area contributed by atoms with E-state index in [9.17, 15) is 4.39 Å². The molecule has 2 rings (SSSR count). The van der Waals surface area contributed by atoms with E-state index in [1.165, 1.54) is 12.1 Å². The zero-order chi connectivity index (χ0) is 14.5. The monoisotopic (exact) mass is 300 g/mol. The van der Waals surface area contributed by atoms with Gasteiger partial charge in [-0.3, -0.25) is 0 Å². The van der Waals surface area contributed by atoms with Crippen LogP contribution in [0.15, 0.2) is 18.2 Å². The molecule has 20 heavy (non-hydrogen) atoms. The Kier molecular flexibility index (Phi) is 5.78. The van der Waals surface area contributed by atoms with Crippen molar-refractivity contribution in [3.63, 3.8) is 0 Å². The summed E-state index contributed by atoms with van der Waals surface area (Å²) in [6, 6.07) is 4.66. The van der Waals surface area contributed by atoms with E-state index in [0.29, 0.717) is 11.4 Å². The average Bonchev–Trinajstić information content (AvgIpc) is 2.42. The normalized spacial score (nSPS) is 21.9. The minimum atomic E-state index is -0.249. The molecule has 1 saturated heterocycles. The van der Waals surface area contributed by atoms with E-state index < -0.39 is 0 Å². The highest BCUT2D eigenvalue weighted by Gasteiger charge is 2.27. The molecule has 1 aromatic rings. The lowest BCUT2D eigenvalue weighted by Gasteiger charge is -2.35. The van der Waals surface area contributed by atoms with Gasteiger partial charge >= 0.3 is 0 Å². The molecule has 2 unspecified atom stereocenters. The lowest BCUT2D eigenvalue weighted by Crippen LogP contribution is -2.52. The lowest BCUT2D eigenvalue weighted by atomic mass is 9.99. The van der Waals surface area contributed by atoms with Crippen LogP contribution in [0.3, 0.4) is 0 Å². The quantitative estimate of drug-likeness (QED) is 0.903. The van der Waals surface area contributed by atoms with Crippen molar-refractivity contribution in [2.45, 2.75) is 25.5 Å². The number of rotatable bonds is 5. The van der Waals surface area contributed by atoms with Crippen LogP contribution in [-0.4, -0.2) is 50.3 Å². The van der Waals surface area contributed by atoms with Crippen LogP contribution < -0.4 is 5.32 Å². The van der Waals surface area contributed by atoms with Gasteiger partial charge in [-0.15, -0.1) is 0 Å². The van der Waals surface area contributed by atoms with E-state index in [1.807, 2.05) is 0 Å². The Bertz CT molecular complexity index is 444. The Labute approximate surface area is 125 Å². The Morgan fingerprint density at radius 1 is 1.55 bits per heavy atom. The molecule has 0 aliphatic carbocycles. The SMILES string of the molecule is CCNC(Cc1cc(F)ccc1Cl)C1CN(C)CCO1. The van der Waals surface area contributed by atoms with Crippen molar-refractivity contribution in [3.8, 4) is 0 Å². The van der Waals surface area contributed by atoms with E-state index in [2.05, 4.69) is 24.2 Å². The number of ether oxygens (including phenoxy) is 1. The molecule has 0 radical (unpaired) electrons. The van der Waals surface area contributed by atoms with Gasteiger partial charge in [0.05, 0.1) is 12.7 Å². The van der Waals surface area contributed by atoms with Crippen LogP contribution in [0.1, 0.15) is 12.5 Å². The van der Waals surface area contributed by atoms with Crippen molar-refractivity contribution < 1.29 is 9.13 Å². The number of halogens is 2. The highest BCUT2D eigenvalue weighted by Crippen LogP contribution is 2.21. The van der Waals surface area contributed by atoms with Gasteiger partial charge in [0.1, 0.15) is 5.82 Å². The maximum Gasteiger partial charge on any atom is 0.123 e. The van der Waals surface area contributed by atoms with Gasteiger partial charge in [0.2, 0.25) is 0 Å². The zero-order valence-corrected chi connectivity index (χ0v) is 12.8. The van der Waals surface area contributed by atoms with E-state index >= 15 is 0 Å². The molecular weight excluding hydrogens is 279 g/mol. The van der Waals surface area contributed by atoms with Gasteiger partial charge in [-0.25, -0.2) is 4.39 Å². The molecular formula is C15H22ClFN2O. The van der Waals surface area contributed by atoms with Crippen molar-refractivity contribution in [1.29, 1.82) is 0 Å². The molecule has 1 aliphatic rings. The first-order valence-corrected chi connectivity index (χ1v) is 7.45. The van der Waals surface area contributed by atoms with Crippen LogP contribution in [0, 0.1) is 5.82 Å². The van der Waals surface area contributed by atoms with Crippen molar-refractivity contribution in [2.75, 3.05) is 33.3 Å². The second kappa shape index (κ2) is 7.36. The van der Waals surface area contributed by atoms with Crippen molar-refractivity contribution >= 4 is 11.6 Å². The molecule has 112 valence electrons. The first-order valence-electron chi connectivity index (χ1n) is 7.07. The molecule has 0 amide bonds. The van der Waals surface area contributed by atoms with Crippen LogP contribution in [0.25, 0.3) is 0 Å². The number of hydrogen-bond acceptors (Lipinski definition) is 3. The largest absolute Gasteiger partial charge is 0.374 e. The Hall–Kier alpha value is -0.680. The molecule has 3 nitrogen and oxygen atoms in total. The maximum atomic E-state index is 13.4. The second-order valence-electron chi connectivity index (χ2n) is 5.28. The van der Waals surface area contributed by atoms with E-state index in [1.54, 1.807) is 6.07 Å². The summed E-state index contributed by atoms with van der Waals surface area (Å²) in [7, 11) is 2.09. The van der Waals surface area contributed by atoms with Gasteiger partial charge < -0.3 is 15.0 Å². The van der Waals surface area contributed by atoms with E-state index in [-0.39, 0.29) is 18.0 Å². The summed E-state index contributed by atoms with van der Waals surface area (Å²) in [4.78, 5) is 2.26. The highest BCUT2D eigenvalue weighted by molar-refractivity contribution is 6.31. The molecule has 1 aliphatic heterocycles. The van der Waals surface area contributed by atoms with Gasteiger partial charge in [-0.05, 0) is 43.8 Å². The molecule has 2 atom stereocenters. The zero-order valence-electron chi connectivity index (χ0n) is 12.0. The fraction of sp³-hybridized carbons (Fsp3) is 0.600. The molecule has 1 N–H and O–H groups in total. The summed E-state index contributed by atoms with van der Waals surface area (Å²) >= 11 is 6.16. The fourth-order valence-corrected chi connectivity index (χ4v) is 2.78. The maximum absolute atomic E-state index is 13.4. The topological polar surface area (TPSA) is 24.5 Å². The van der Waals surface area contributed by atoms with Crippen molar-refractivity contribution in [1.82, 2.24) is 10.2 Å². The Morgan fingerprint density at radius 2 is 2.35 bits per heavy atom. The van der Waals surface area contributed by atoms with Gasteiger partial charge in [0.15, 0.2) is 0 Å². The molecule has 1 aromatic carbocycles. The van der Waals surface area contributed by atoms with Gasteiger partial charge in [-0.1, -0.05) is 18.5 Å². The smallest absolute Gasteiger partial charge is 0.123 e. The third-order valence-corrected chi connectivity index (χ3v) is 4.03. The summed E-state index contributed by atoms with van der Waals surface area (Å²) in [5, 5.41) is 4.04. The van der Waals surface area contributed by atoms with Crippen molar-refractivity contribution in [2.24, 2.45) is 0 Å². The molecule has 5 heteroatoms. The lowest BCUT2D eigenvalue weighted by molar-refractivity contribution is -0.0381. The first kappa shape index (κ1) is 15.7. The van der Waals surface area contributed by atoms with Crippen molar-refractivity contribution in [3.05, 3.63) is 34.6 Å². The van der Waals surface area contributed by atoms with Crippen LogP contribution in [0.2, 0.25) is 5.02 Å². The number of benzene rings is 1. The predicted octanol–water partition coefficient (Wildman–Crippen LogP) is 2.33. The van der Waals surface area contributed by atoms with Gasteiger partial charge in [-0.2, -0.15) is 0 Å². The fourth-order valence-electron chi connectivity index (χ4n) is 2.59. The van der Waals surface area contributed by atoms with Crippen LogP contribution in [0.5, 0.6) is 0 Å². The Balaban J connectivity index is 2.10. The van der Waals surface area contributed by atoms with Gasteiger partial charge in [0, 0.05) is 24.2 Å².